The number of fused-ring (bicyclic) bond motifs is 1. The van der Waals surface area contributed by atoms with Gasteiger partial charge in [0.15, 0.2) is 11.5 Å². The molecule has 17 heavy (non-hydrogen) atoms. The third kappa shape index (κ3) is 1.38. The van der Waals surface area contributed by atoms with Gasteiger partial charge in [-0.15, -0.1) is 0 Å². The number of aromatic nitrogens is 4. The third-order valence-corrected chi connectivity index (χ3v) is 2.54. The second-order valence-electron chi connectivity index (χ2n) is 3.55. The Morgan fingerprint density at radius 3 is 3.00 bits per heavy atom. The number of carboxylic acid groups (broad SMARTS) is 1. The lowest BCUT2D eigenvalue weighted by Gasteiger charge is -2.00. The average molecular weight is 228 g/mol. The van der Waals surface area contributed by atoms with E-state index >= 15 is 0 Å². The van der Waals surface area contributed by atoms with Crippen molar-refractivity contribution >= 4 is 16.9 Å². The summed E-state index contributed by atoms with van der Waals surface area (Å²) in [7, 11) is 0. The molecular formula is C11H8N4O2. The van der Waals surface area contributed by atoms with Gasteiger partial charge in [-0.1, -0.05) is 12.1 Å². The summed E-state index contributed by atoms with van der Waals surface area (Å²) in [5.74, 6) is -0.495. The zero-order valence-corrected chi connectivity index (χ0v) is 8.66. The Morgan fingerprint density at radius 1 is 1.35 bits per heavy atom. The molecule has 0 unspecified atom stereocenters. The van der Waals surface area contributed by atoms with Gasteiger partial charge in [0.25, 0.3) is 0 Å². The number of nitrogens with zero attached hydrogens (tertiary/aromatic N) is 3. The van der Waals surface area contributed by atoms with Gasteiger partial charge in [-0.25, -0.2) is 9.78 Å². The molecule has 1 aromatic carbocycles. The van der Waals surface area contributed by atoms with Crippen molar-refractivity contribution in [2.75, 3.05) is 0 Å². The Labute approximate surface area is 95.5 Å². The fraction of sp³-hybridized carbons (Fsp3) is 0. The van der Waals surface area contributed by atoms with E-state index in [-0.39, 0.29) is 5.69 Å². The van der Waals surface area contributed by atoms with Gasteiger partial charge in [0.1, 0.15) is 6.33 Å². The predicted octanol–water partition coefficient (Wildman–Crippen LogP) is 1.45. The molecule has 2 heterocycles. The van der Waals surface area contributed by atoms with Crippen LogP contribution in [0.25, 0.3) is 16.7 Å². The second-order valence-corrected chi connectivity index (χ2v) is 3.55. The summed E-state index contributed by atoms with van der Waals surface area (Å²) in [6, 6.07) is 7.51. The summed E-state index contributed by atoms with van der Waals surface area (Å²) >= 11 is 0. The molecule has 0 saturated carbocycles. The van der Waals surface area contributed by atoms with Crippen LogP contribution in [0.1, 0.15) is 10.5 Å². The number of aromatic amines is 1. The maximum atomic E-state index is 11.0. The van der Waals surface area contributed by atoms with Crippen molar-refractivity contribution in [3.05, 3.63) is 42.5 Å². The monoisotopic (exact) mass is 228 g/mol. The maximum absolute atomic E-state index is 11.0. The predicted molar refractivity (Wildman–Crippen MR) is 60.2 cm³/mol. The number of para-hydroxylation sites is 1. The Balaban J connectivity index is 2.28. The summed E-state index contributed by atoms with van der Waals surface area (Å²) in [6.07, 6.45) is 2.73. The number of aromatic carboxylic acids is 1. The molecule has 0 amide bonds. The Morgan fingerprint density at radius 2 is 2.18 bits per heavy atom. The zero-order chi connectivity index (χ0) is 11.8. The summed E-state index contributed by atoms with van der Waals surface area (Å²) in [4.78, 5) is 14.8. The number of nitrogens with one attached hydrogen (secondary N) is 1. The number of rotatable bonds is 2. The minimum Gasteiger partial charge on any atom is -0.477 e. The third-order valence-electron chi connectivity index (χ3n) is 2.54. The van der Waals surface area contributed by atoms with E-state index in [1.807, 2.05) is 24.3 Å². The maximum Gasteiger partial charge on any atom is 0.354 e. The normalized spacial score (nSPS) is 10.8. The van der Waals surface area contributed by atoms with Crippen LogP contribution in [0.5, 0.6) is 0 Å². The summed E-state index contributed by atoms with van der Waals surface area (Å²) in [5.41, 5.74) is 0.940. The molecule has 0 radical (unpaired) electrons. The highest BCUT2D eigenvalue weighted by Gasteiger charge is 2.15. The number of carboxylic acids is 1. The van der Waals surface area contributed by atoms with Gasteiger partial charge in [-0.05, 0) is 12.1 Å². The Bertz CT molecular complexity index is 698. The second kappa shape index (κ2) is 3.44. The van der Waals surface area contributed by atoms with Gasteiger partial charge >= 0.3 is 5.97 Å². The van der Waals surface area contributed by atoms with Crippen molar-refractivity contribution < 1.29 is 9.90 Å². The number of hydrogen-bond donors (Lipinski definition) is 2. The van der Waals surface area contributed by atoms with E-state index in [1.165, 1.54) is 17.1 Å². The lowest BCUT2D eigenvalue weighted by atomic mass is 10.2. The molecule has 0 fully saturated rings. The molecule has 6 heteroatoms. The van der Waals surface area contributed by atoms with Crippen molar-refractivity contribution in [1.29, 1.82) is 0 Å². The molecule has 3 rings (SSSR count). The van der Waals surface area contributed by atoms with Crippen molar-refractivity contribution in [2.45, 2.75) is 0 Å². The lowest BCUT2D eigenvalue weighted by molar-refractivity contribution is 0.0688. The number of H-pyrrole nitrogens is 1. The van der Waals surface area contributed by atoms with E-state index < -0.39 is 5.97 Å². The van der Waals surface area contributed by atoms with E-state index in [4.69, 9.17) is 5.11 Å². The van der Waals surface area contributed by atoms with Crippen LogP contribution in [0.2, 0.25) is 0 Å². The number of carbonyl (C=O) groups is 1. The molecule has 0 aliphatic rings. The number of hydrogen-bond acceptors (Lipinski definition) is 3. The van der Waals surface area contributed by atoms with Crippen LogP contribution in [-0.2, 0) is 0 Å². The van der Waals surface area contributed by atoms with Crippen LogP contribution >= 0.6 is 0 Å². The molecule has 0 saturated heterocycles. The summed E-state index contributed by atoms with van der Waals surface area (Å²) in [5, 5.41) is 16.8. The quantitative estimate of drug-likeness (QED) is 0.695. The molecule has 0 atom stereocenters. The van der Waals surface area contributed by atoms with Gasteiger partial charge in [-0.3, -0.25) is 9.67 Å². The van der Waals surface area contributed by atoms with E-state index in [2.05, 4.69) is 15.2 Å². The Kier molecular flexibility index (Phi) is 1.94. The SMILES string of the molecule is O=C(O)c1cncn1-c1n[nH]c2ccccc12. The molecule has 2 N–H and O–H groups in total. The molecule has 2 aromatic heterocycles. The average Bonchev–Trinajstić information content (AvgIpc) is 2.94. The van der Waals surface area contributed by atoms with Crippen LogP contribution < -0.4 is 0 Å². The smallest absolute Gasteiger partial charge is 0.354 e. The minimum absolute atomic E-state index is 0.0854. The van der Waals surface area contributed by atoms with E-state index in [9.17, 15) is 4.79 Å². The summed E-state index contributed by atoms with van der Waals surface area (Å²) in [6.45, 7) is 0. The van der Waals surface area contributed by atoms with Crippen molar-refractivity contribution in [3.63, 3.8) is 0 Å². The lowest BCUT2D eigenvalue weighted by Crippen LogP contribution is -2.06. The first-order valence-electron chi connectivity index (χ1n) is 4.96. The molecule has 0 bridgehead atoms. The molecule has 0 spiro atoms. The first kappa shape index (κ1) is 9.59. The first-order valence-corrected chi connectivity index (χ1v) is 4.96. The van der Waals surface area contributed by atoms with Crippen molar-refractivity contribution in [1.82, 2.24) is 19.7 Å². The summed E-state index contributed by atoms with van der Waals surface area (Å²) < 4.78 is 1.45. The van der Waals surface area contributed by atoms with Gasteiger partial charge in [0, 0.05) is 5.39 Å². The van der Waals surface area contributed by atoms with Crippen LogP contribution in [0.15, 0.2) is 36.8 Å². The number of imidazole rings is 1. The van der Waals surface area contributed by atoms with E-state index in [0.717, 1.165) is 10.9 Å². The van der Waals surface area contributed by atoms with Crippen LogP contribution in [0, 0.1) is 0 Å². The highest BCUT2D eigenvalue weighted by molar-refractivity contribution is 5.90. The fourth-order valence-electron chi connectivity index (χ4n) is 1.75. The zero-order valence-electron chi connectivity index (χ0n) is 8.66. The molecule has 0 aliphatic heterocycles. The van der Waals surface area contributed by atoms with Crippen LogP contribution in [-0.4, -0.2) is 30.8 Å². The first-order chi connectivity index (χ1) is 8.27. The molecule has 3 aromatic rings. The molecule has 0 aliphatic carbocycles. The molecule has 84 valence electrons. The molecular weight excluding hydrogens is 220 g/mol. The Hall–Kier alpha value is -2.63. The van der Waals surface area contributed by atoms with Crippen molar-refractivity contribution in [3.8, 4) is 5.82 Å². The van der Waals surface area contributed by atoms with Crippen LogP contribution in [0.4, 0.5) is 0 Å². The van der Waals surface area contributed by atoms with E-state index in [0.29, 0.717) is 5.82 Å². The fourth-order valence-corrected chi connectivity index (χ4v) is 1.75. The topological polar surface area (TPSA) is 83.8 Å². The van der Waals surface area contributed by atoms with Gasteiger partial charge in [0.2, 0.25) is 0 Å². The number of benzene rings is 1. The largest absolute Gasteiger partial charge is 0.477 e. The van der Waals surface area contributed by atoms with Gasteiger partial charge in [0.05, 0.1) is 11.7 Å². The van der Waals surface area contributed by atoms with Gasteiger partial charge < -0.3 is 5.11 Å². The standard InChI is InChI=1S/C11H8N4O2/c16-11(17)9-5-12-6-15(9)10-7-3-1-2-4-8(7)13-14-10/h1-6H,(H,13,14)(H,16,17). The van der Waals surface area contributed by atoms with Crippen molar-refractivity contribution in [2.24, 2.45) is 0 Å². The van der Waals surface area contributed by atoms with Crippen LogP contribution in [0.3, 0.4) is 0 Å². The highest BCUT2D eigenvalue weighted by Crippen LogP contribution is 2.20. The minimum atomic E-state index is -1.03. The van der Waals surface area contributed by atoms with E-state index in [1.54, 1.807) is 0 Å². The highest BCUT2D eigenvalue weighted by atomic mass is 16.4. The molecule has 6 nitrogen and oxygen atoms in total. The van der Waals surface area contributed by atoms with Gasteiger partial charge in [-0.2, -0.15) is 5.10 Å².